The van der Waals surface area contributed by atoms with Crippen LogP contribution in [0.2, 0.25) is 0 Å². The highest BCUT2D eigenvalue weighted by Gasteiger charge is 2.38. The minimum Gasteiger partial charge on any atom is -0.393 e. The highest BCUT2D eigenvalue weighted by molar-refractivity contribution is 5.81. The molecule has 1 atom stereocenters. The largest absolute Gasteiger partial charge is 0.393 e. The molecule has 2 saturated carbocycles. The number of ether oxygens (including phenoxy) is 1. The first kappa shape index (κ1) is 24.4. The Morgan fingerprint density at radius 1 is 1.19 bits per heavy atom. The molecule has 10 nitrogen and oxygen atoms in total. The van der Waals surface area contributed by atoms with Crippen LogP contribution in [0.5, 0.6) is 0 Å². The van der Waals surface area contributed by atoms with Gasteiger partial charge < -0.3 is 20.1 Å². The molecule has 2 N–H and O–H groups in total. The molecule has 2 aliphatic carbocycles. The molecule has 1 saturated heterocycles. The normalized spacial score (nSPS) is 23.6. The summed E-state index contributed by atoms with van der Waals surface area (Å²) in [6.45, 7) is 4.08. The molecule has 1 amide bonds. The SMILES string of the molecule is COC[C@H](C)Nc1ncc2c(-c3cnn(C4CN(C(=O)C5CCC5)C4)c3)cc(C3CCC(O)CC3)n2n1. The highest BCUT2D eigenvalue weighted by atomic mass is 16.5. The molecular formula is C27H37N7O3. The van der Waals surface area contributed by atoms with Crippen molar-refractivity contribution in [2.24, 2.45) is 5.92 Å². The van der Waals surface area contributed by atoms with Crippen LogP contribution in [0.25, 0.3) is 16.6 Å². The second-order valence-corrected chi connectivity index (χ2v) is 11.1. The Morgan fingerprint density at radius 2 is 1.97 bits per heavy atom. The van der Waals surface area contributed by atoms with Gasteiger partial charge in [0.2, 0.25) is 11.9 Å². The van der Waals surface area contributed by atoms with E-state index < -0.39 is 0 Å². The minimum absolute atomic E-state index is 0.0854. The molecule has 0 spiro atoms. The maximum absolute atomic E-state index is 12.5. The molecular weight excluding hydrogens is 470 g/mol. The lowest BCUT2D eigenvalue weighted by Crippen LogP contribution is -2.53. The Morgan fingerprint density at radius 3 is 2.68 bits per heavy atom. The van der Waals surface area contributed by atoms with Gasteiger partial charge >= 0.3 is 0 Å². The fourth-order valence-electron chi connectivity index (χ4n) is 5.88. The first-order chi connectivity index (χ1) is 18.0. The van der Waals surface area contributed by atoms with Gasteiger partial charge in [-0.1, -0.05) is 6.42 Å². The van der Waals surface area contributed by atoms with Crippen molar-refractivity contribution >= 4 is 17.4 Å². The highest BCUT2D eigenvalue weighted by Crippen LogP contribution is 2.38. The third-order valence-electron chi connectivity index (χ3n) is 8.37. The molecule has 1 aliphatic heterocycles. The molecule has 6 rings (SSSR count). The summed E-state index contributed by atoms with van der Waals surface area (Å²) in [7, 11) is 1.68. The average molecular weight is 508 g/mol. The van der Waals surface area contributed by atoms with E-state index in [2.05, 4.69) is 27.7 Å². The number of aromatic nitrogens is 5. The third-order valence-corrected chi connectivity index (χ3v) is 8.37. The van der Waals surface area contributed by atoms with Gasteiger partial charge in [-0.3, -0.25) is 9.48 Å². The average Bonchev–Trinajstić information content (AvgIpc) is 3.42. The van der Waals surface area contributed by atoms with E-state index in [1.165, 1.54) is 6.42 Å². The van der Waals surface area contributed by atoms with Gasteiger partial charge in [0.05, 0.1) is 36.7 Å². The number of amides is 1. The lowest BCUT2D eigenvalue weighted by molar-refractivity contribution is -0.144. The van der Waals surface area contributed by atoms with Gasteiger partial charge in [-0.05, 0) is 51.5 Å². The van der Waals surface area contributed by atoms with Gasteiger partial charge in [-0.2, -0.15) is 5.10 Å². The summed E-state index contributed by atoms with van der Waals surface area (Å²) in [4.78, 5) is 19.1. The molecule has 3 aromatic rings. The summed E-state index contributed by atoms with van der Waals surface area (Å²) >= 11 is 0. The van der Waals surface area contributed by atoms with Crippen LogP contribution in [0.1, 0.15) is 69.5 Å². The number of nitrogens with zero attached hydrogens (tertiary/aromatic N) is 6. The number of nitrogens with one attached hydrogen (secondary N) is 1. The molecule has 37 heavy (non-hydrogen) atoms. The number of anilines is 1. The molecule has 0 radical (unpaired) electrons. The maximum Gasteiger partial charge on any atom is 0.241 e. The molecule has 198 valence electrons. The molecule has 10 heteroatoms. The van der Waals surface area contributed by atoms with Crippen molar-refractivity contribution in [1.82, 2.24) is 29.3 Å². The monoisotopic (exact) mass is 507 g/mol. The summed E-state index contributed by atoms with van der Waals surface area (Å²) in [5.41, 5.74) is 4.18. The topological polar surface area (TPSA) is 110 Å². The number of carbonyl (C=O) groups is 1. The first-order valence-electron chi connectivity index (χ1n) is 13.7. The lowest BCUT2D eigenvalue weighted by Gasteiger charge is -2.42. The summed E-state index contributed by atoms with van der Waals surface area (Å²) in [5, 5.41) is 22.9. The van der Waals surface area contributed by atoms with Crippen molar-refractivity contribution in [3.05, 3.63) is 30.4 Å². The predicted molar refractivity (Wildman–Crippen MR) is 139 cm³/mol. The molecule has 4 heterocycles. The Hall–Kier alpha value is -2.98. The number of likely N-dealkylation sites (tertiary alicyclic amines) is 1. The maximum atomic E-state index is 12.5. The van der Waals surface area contributed by atoms with Crippen LogP contribution in [0.4, 0.5) is 5.95 Å². The van der Waals surface area contributed by atoms with Crippen LogP contribution in [0.3, 0.4) is 0 Å². The number of hydrogen-bond donors (Lipinski definition) is 2. The van der Waals surface area contributed by atoms with Crippen molar-refractivity contribution in [1.29, 1.82) is 0 Å². The molecule has 0 unspecified atom stereocenters. The number of rotatable bonds is 8. The molecule has 3 aliphatic rings. The summed E-state index contributed by atoms with van der Waals surface area (Å²) < 4.78 is 9.27. The second kappa shape index (κ2) is 10.1. The number of carbonyl (C=O) groups excluding carboxylic acids is 1. The third kappa shape index (κ3) is 4.72. The van der Waals surface area contributed by atoms with Gasteiger partial charge in [0.15, 0.2) is 0 Å². The van der Waals surface area contributed by atoms with E-state index >= 15 is 0 Å². The van der Waals surface area contributed by atoms with Crippen molar-refractivity contribution in [2.45, 2.75) is 76.0 Å². The molecule has 0 bridgehead atoms. The van der Waals surface area contributed by atoms with Crippen LogP contribution in [0.15, 0.2) is 24.7 Å². The first-order valence-corrected chi connectivity index (χ1v) is 13.7. The zero-order chi connectivity index (χ0) is 25.5. The smallest absolute Gasteiger partial charge is 0.241 e. The Labute approximate surface area is 217 Å². The van der Waals surface area contributed by atoms with E-state index in [9.17, 15) is 9.90 Å². The standard InChI is InChI=1S/C27H37N7O3/c1-17(16-37-2)30-27-28-12-25-23(10-24(34(25)31-27)18-6-8-22(35)9-7-18)20-11-29-33(13-20)21-14-32(15-21)26(36)19-4-3-5-19/h10-13,17-19,21-22,35H,3-9,14-16H2,1-2H3,(H,30,31)/t17-,18?,22?/m0/s1. The Kier molecular flexibility index (Phi) is 6.62. The fraction of sp³-hybridized carbons (Fsp3) is 0.630. The van der Waals surface area contributed by atoms with E-state index in [1.807, 2.05) is 33.4 Å². The van der Waals surface area contributed by atoms with Crippen LogP contribution < -0.4 is 5.32 Å². The van der Waals surface area contributed by atoms with E-state index in [0.29, 0.717) is 24.4 Å². The van der Waals surface area contributed by atoms with E-state index in [-0.39, 0.29) is 24.1 Å². The van der Waals surface area contributed by atoms with Crippen molar-refractivity contribution in [3.63, 3.8) is 0 Å². The van der Waals surface area contributed by atoms with Gasteiger partial charge in [0.25, 0.3) is 0 Å². The lowest BCUT2D eigenvalue weighted by atomic mass is 9.83. The number of hydrogen-bond acceptors (Lipinski definition) is 7. The summed E-state index contributed by atoms with van der Waals surface area (Å²) in [6, 6.07) is 2.53. The zero-order valence-corrected chi connectivity index (χ0v) is 21.7. The van der Waals surface area contributed by atoms with Crippen LogP contribution >= 0.6 is 0 Å². The fourth-order valence-corrected chi connectivity index (χ4v) is 5.88. The van der Waals surface area contributed by atoms with E-state index in [0.717, 1.165) is 74.0 Å². The predicted octanol–water partition coefficient (Wildman–Crippen LogP) is 3.24. The van der Waals surface area contributed by atoms with Crippen molar-refractivity contribution < 1.29 is 14.6 Å². The van der Waals surface area contributed by atoms with Crippen molar-refractivity contribution in [2.75, 3.05) is 32.1 Å². The number of aliphatic hydroxyl groups excluding tert-OH is 1. The molecule has 3 fully saturated rings. The summed E-state index contributed by atoms with van der Waals surface area (Å²) in [6.07, 6.45) is 12.4. The van der Waals surface area contributed by atoms with Crippen LogP contribution in [0, 0.1) is 5.92 Å². The van der Waals surface area contributed by atoms with Crippen molar-refractivity contribution in [3.8, 4) is 11.1 Å². The van der Waals surface area contributed by atoms with E-state index in [4.69, 9.17) is 9.84 Å². The van der Waals surface area contributed by atoms with Gasteiger partial charge in [0.1, 0.15) is 0 Å². The van der Waals surface area contributed by atoms with E-state index in [1.54, 1.807) is 7.11 Å². The molecule has 0 aromatic carbocycles. The van der Waals surface area contributed by atoms with Gasteiger partial charge in [-0.25, -0.2) is 9.50 Å². The Bertz CT molecular complexity index is 1250. The number of fused-ring (bicyclic) bond motifs is 1. The Balaban J connectivity index is 1.26. The summed E-state index contributed by atoms with van der Waals surface area (Å²) in [5.74, 6) is 1.46. The zero-order valence-electron chi connectivity index (χ0n) is 21.7. The number of aliphatic hydroxyl groups is 1. The van der Waals surface area contributed by atoms with Gasteiger partial charge in [0, 0.05) is 61.1 Å². The second-order valence-electron chi connectivity index (χ2n) is 11.1. The number of methoxy groups -OCH3 is 1. The van der Waals surface area contributed by atoms with Gasteiger partial charge in [-0.15, -0.1) is 5.10 Å². The minimum atomic E-state index is -0.208. The quantitative estimate of drug-likeness (QED) is 0.482. The van der Waals surface area contributed by atoms with Crippen LogP contribution in [-0.4, -0.2) is 79.2 Å². The van der Waals surface area contributed by atoms with Crippen LogP contribution in [-0.2, 0) is 9.53 Å². The molecule has 3 aromatic heterocycles.